The molecule has 0 radical (unpaired) electrons. The number of rotatable bonds is 7. The van der Waals surface area contributed by atoms with Crippen LogP contribution < -0.4 is 10.6 Å². The largest absolute Gasteiger partial charge is 0.369 e. The minimum absolute atomic E-state index is 0.255. The van der Waals surface area contributed by atoms with Gasteiger partial charge in [0.2, 0.25) is 0 Å². The van der Waals surface area contributed by atoms with Gasteiger partial charge < -0.3 is 10.6 Å². The van der Waals surface area contributed by atoms with Gasteiger partial charge >= 0.3 is 0 Å². The molecule has 0 aliphatic heterocycles. The fraction of sp³-hybridized carbons (Fsp3) is 0.389. The molecule has 0 unspecified atom stereocenters. The molecule has 1 aromatic heterocycles. The molecule has 2 aromatic rings. The van der Waals surface area contributed by atoms with E-state index in [2.05, 4.69) is 41.4 Å². The van der Waals surface area contributed by atoms with Gasteiger partial charge in [0.15, 0.2) is 0 Å². The molecule has 0 aliphatic rings. The fourth-order valence-electron chi connectivity index (χ4n) is 2.08. The molecule has 0 bridgehead atoms. The van der Waals surface area contributed by atoms with Crippen molar-refractivity contribution < 1.29 is 4.79 Å². The van der Waals surface area contributed by atoms with Crippen LogP contribution in [0.3, 0.4) is 0 Å². The summed E-state index contributed by atoms with van der Waals surface area (Å²) < 4.78 is 0. The highest BCUT2D eigenvalue weighted by Gasteiger charge is 2.09. The van der Waals surface area contributed by atoms with Crippen LogP contribution in [0.1, 0.15) is 55.6 Å². The van der Waals surface area contributed by atoms with Gasteiger partial charge in [-0.1, -0.05) is 39.3 Å². The number of hydrogen-bond acceptors (Lipinski definition) is 4. The van der Waals surface area contributed by atoms with Gasteiger partial charge in [0.05, 0.1) is 12.4 Å². The topological polar surface area (TPSA) is 66.9 Å². The highest BCUT2D eigenvalue weighted by molar-refractivity contribution is 6.02. The normalized spacial score (nSPS) is 10.6. The van der Waals surface area contributed by atoms with Gasteiger partial charge in [0.1, 0.15) is 11.5 Å². The molecule has 5 nitrogen and oxygen atoms in total. The van der Waals surface area contributed by atoms with Gasteiger partial charge in [-0.25, -0.2) is 9.97 Å². The van der Waals surface area contributed by atoms with Gasteiger partial charge in [0.25, 0.3) is 5.91 Å². The third-order valence-corrected chi connectivity index (χ3v) is 3.56. The summed E-state index contributed by atoms with van der Waals surface area (Å²) in [5, 5.41) is 6.01. The monoisotopic (exact) mass is 312 g/mol. The highest BCUT2D eigenvalue weighted by Crippen LogP contribution is 2.17. The molecule has 0 saturated heterocycles. The zero-order valence-corrected chi connectivity index (χ0v) is 14.0. The zero-order valence-electron chi connectivity index (χ0n) is 14.0. The van der Waals surface area contributed by atoms with Crippen molar-refractivity contribution in [3.8, 4) is 0 Å². The lowest BCUT2D eigenvalue weighted by Gasteiger charge is -2.08. The van der Waals surface area contributed by atoms with Crippen molar-refractivity contribution in [2.45, 2.75) is 39.5 Å². The van der Waals surface area contributed by atoms with Crippen LogP contribution >= 0.6 is 0 Å². The number of anilines is 2. The lowest BCUT2D eigenvalue weighted by molar-refractivity contribution is 0.102. The van der Waals surface area contributed by atoms with Crippen LogP contribution in [0.2, 0.25) is 0 Å². The van der Waals surface area contributed by atoms with E-state index in [1.165, 1.54) is 11.8 Å². The van der Waals surface area contributed by atoms with Crippen LogP contribution in [-0.4, -0.2) is 22.4 Å². The molecule has 2 rings (SSSR count). The number of carbonyl (C=O) groups is 1. The lowest BCUT2D eigenvalue weighted by Crippen LogP contribution is -2.14. The minimum Gasteiger partial charge on any atom is -0.369 e. The maximum Gasteiger partial charge on any atom is 0.275 e. The number of unbranched alkanes of at least 4 members (excludes halogenated alkanes) is 1. The average Bonchev–Trinajstić information content (AvgIpc) is 2.56. The average molecular weight is 312 g/mol. The predicted octanol–water partition coefficient (Wildman–Crippen LogP) is 4.06. The second-order valence-corrected chi connectivity index (χ2v) is 5.80. The second kappa shape index (κ2) is 8.27. The Balaban J connectivity index is 1.94. The van der Waals surface area contributed by atoms with E-state index in [-0.39, 0.29) is 5.91 Å². The molecule has 0 aliphatic carbocycles. The minimum atomic E-state index is -0.255. The summed E-state index contributed by atoms with van der Waals surface area (Å²) >= 11 is 0. The first-order valence-electron chi connectivity index (χ1n) is 8.07. The Kier molecular flexibility index (Phi) is 6.09. The molecule has 0 fully saturated rings. The van der Waals surface area contributed by atoms with Crippen LogP contribution in [0, 0.1) is 0 Å². The van der Waals surface area contributed by atoms with Gasteiger partial charge in [-0.15, -0.1) is 0 Å². The zero-order chi connectivity index (χ0) is 16.7. The van der Waals surface area contributed by atoms with Crippen molar-refractivity contribution in [3.05, 3.63) is 47.9 Å². The summed E-state index contributed by atoms with van der Waals surface area (Å²) in [4.78, 5) is 20.5. The fourth-order valence-corrected chi connectivity index (χ4v) is 2.08. The van der Waals surface area contributed by atoms with Crippen molar-refractivity contribution in [1.82, 2.24) is 9.97 Å². The number of carbonyl (C=O) groups excluding carboxylic acids is 1. The third kappa shape index (κ3) is 5.06. The number of benzene rings is 1. The number of aromatic nitrogens is 2. The summed E-state index contributed by atoms with van der Waals surface area (Å²) in [6.07, 6.45) is 5.28. The molecular weight excluding hydrogens is 288 g/mol. The first-order valence-corrected chi connectivity index (χ1v) is 8.07. The molecule has 1 amide bonds. The molecule has 122 valence electrons. The summed E-state index contributed by atoms with van der Waals surface area (Å²) in [7, 11) is 0. The Morgan fingerprint density at radius 2 is 1.87 bits per heavy atom. The molecule has 5 heteroatoms. The van der Waals surface area contributed by atoms with E-state index in [1.54, 1.807) is 6.20 Å². The number of nitrogens with zero attached hydrogens (tertiary/aromatic N) is 2. The van der Waals surface area contributed by atoms with Crippen LogP contribution in [0.4, 0.5) is 11.5 Å². The van der Waals surface area contributed by atoms with E-state index in [4.69, 9.17) is 0 Å². The predicted molar refractivity (Wildman–Crippen MR) is 93.9 cm³/mol. The first kappa shape index (κ1) is 16.9. The van der Waals surface area contributed by atoms with E-state index < -0.39 is 0 Å². The molecule has 0 spiro atoms. The molecule has 1 aromatic carbocycles. The first-order chi connectivity index (χ1) is 11.1. The highest BCUT2D eigenvalue weighted by atomic mass is 16.1. The molecule has 23 heavy (non-hydrogen) atoms. The maximum absolute atomic E-state index is 12.2. The van der Waals surface area contributed by atoms with Gasteiger partial charge in [-0.2, -0.15) is 0 Å². The van der Waals surface area contributed by atoms with Gasteiger partial charge in [-0.05, 0) is 30.0 Å². The van der Waals surface area contributed by atoms with Crippen LogP contribution in [-0.2, 0) is 0 Å². The number of hydrogen-bond donors (Lipinski definition) is 2. The quantitative estimate of drug-likeness (QED) is 0.756. The smallest absolute Gasteiger partial charge is 0.275 e. The Morgan fingerprint density at radius 3 is 2.43 bits per heavy atom. The van der Waals surface area contributed by atoms with E-state index >= 15 is 0 Å². The van der Waals surface area contributed by atoms with E-state index in [0.29, 0.717) is 17.4 Å². The molecule has 0 saturated carbocycles. The SMILES string of the molecule is CCCCNc1cnc(C(=O)Nc2ccc(C(C)C)cc2)cn1. The van der Waals surface area contributed by atoms with E-state index in [9.17, 15) is 4.79 Å². The molecule has 1 heterocycles. The van der Waals surface area contributed by atoms with Crippen molar-refractivity contribution >= 4 is 17.4 Å². The van der Waals surface area contributed by atoms with Gasteiger partial charge in [-0.3, -0.25) is 4.79 Å². The Hall–Kier alpha value is -2.43. The van der Waals surface area contributed by atoms with Crippen LogP contribution in [0.25, 0.3) is 0 Å². The Bertz CT molecular complexity index is 620. The summed E-state index contributed by atoms with van der Waals surface area (Å²) in [5.41, 5.74) is 2.30. The van der Waals surface area contributed by atoms with Crippen molar-refractivity contribution in [3.63, 3.8) is 0 Å². The summed E-state index contributed by atoms with van der Waals surface area (Å²) in [6.45, 7) is 7.27. The number of amides is 1. The molecule has 0 atom stereocenters. The second-order valence-electron chi connectivity index (χ2n) is 5.80. The van der Waals surface area contributed by atoms with Crippen molar-refractivity contribution in [2.75, 3.05) is 17.2 Å². The maximum atomic E-state index is 12.2. The van der Waals surface area contributed by atoms with Crippen LogP contribution in [0.15, 0.2) is 36.7 Å². The molecule has 2 N–H and O–H groups in total. The van der Waals surface area contributed by atoms with E-state index in [0.717, 1.165) is 25.1 Å². The third-order valence-electron chi connectivity index (χ3n) is 3.56. The number of nitrogens with one attached hydrogen (secondary N) is 2. The van der Waals surface area contributed by atoms with Gasteiger partial charge in [0, 0.05) is 12.2 Å². The Morgan fingerprint density at radius 1 is 1.13 bits per heavy atom. The Labute approximate surface area is 137 Å². The standard InChI is InChI=1S/C18H24N4O/c1-4-5-10-19-17-12-20-16(11-21-17)18(23)22-15-8-6-14(7-9-15)13(2)3/h6-9,11-13H,4-5,10H2,1-3H3,(H,19,21)(H,22,23). The van der Waals surface area contributed by atoms with Crippen LogP contribution in [0.5, 0.6) is 0 Å². The van der Waals surface area contributed by atoms with Crippen molar-refractivity contribution in [2.24, 2.45) is 0 Å². The summed E-state index contributed by atoms with van der Waals surface area (Å²) in [5.74, 6) is 0.907. The lowest BCUT2D eigenvalue weighted by atomic mass is 10.0. The van der Waals surface area contributed by atoms with E-state index in [1.807, 2.05) is 24.3 Å². The molecular formula is C18H24N4O. The summed E-state index contributed by atoms with van der Waals surface area (Å²) in [6, 6.07) is 7.85. The van der Waals surface area contributed by atoms with Crippen molar-refractivity contribution in [1.29, 1.82) is 0 Å².